The Hall–Kier alpha value is -4.42. The maximum absolute atomic E-state index is 12.8. The molecule has 0 unspecified atom stereocenters. The molecule has 0 aromatic heterocycles. The number of rotatable bonds is 7. The maximum Gasteiger partial charge on any atom is 0.262 e. The molecule has 0 radical (unpaired) electrons. The highest BCUT2D eigenvalue weighted by Crippen LogP contribution is 2.47. The Bertz CT molecular complexity index is 1640. The van der Waals surface area contributed by atoms with Crippen molar-refractivity contribution in [1.29, 1.82) is 0 Å². The molecule has 4 N–H and O–H groups in total. The number of fused-ring (bicyclic) bond motifs is 3. The number of anilines is 2. The lowest BCUT2D eigenvalue weighted by atomic mass is 10.1. The molecule has 1 aliphatic rings. The van der Waals surface area contributed by atoms with Crippen molar-refractivity contribution in [2.75, 3.05) is 9.44 Å². The van der Waals surface area contributed by atoms with Gasteiger partial charge in [0.25, 0.3) is 20.0 Å². The van der Waals surface area contributed by atoms with Gasteiger partial charge in [0.2, 0.25) is 0 Å². The van der Waals surface area contributed by atoms with Crippen LogP contribution in [0.25, 0.3) is 11.1 Å². The normalized spacial score (nSPS) is 13.0. The molecular formula is C25H19N3O7S2. The largest absolute Gasteiger partial charge is 0.508 e. The Morgan fingerprint density at radius 3 is 1.43 bits per heavy atom. The summed E-state index contributed by atoms with van der Waals surface area (Å²) in [7, 11) is -8.03. The number of nitroso groups, excluding NO2 is 1. The van der Waals surface area contributed by atoms with Gasteiger partial charge in [0.15, 0.2) is 0 Å². The van der Waals surface area contributed by atoms with Crippen molar-refractivity contribution in [3.05, 3.63) is 101 Å². The monoisotopic (exact) mass is 537 g/mol. The van der Waals surface area contributed by atoms with E-state index >= 15 is 0 Å². The van der Waals surface area contributed by atoms with Crippen LogP contribution < -0.4 is 9.44 Å². The van der Waals surface area contributed by atoms with Crippen LogP contribution in [-0.4, -0.2) is 27.0 Å². The molecule has 0 atom stereocenters. The maximum atomic E-state index is 12.8. The second-order valence-electron chi connectivity index (χ2n) is 8.32. The van der Waals surface area contributed by atoms with Gasteiger partial charge < -0.3 is 10.2 Å². The van der Waals surface area contributed by atoms with Crippen molar-refractivity contribution in [1.82, 2.24) is 0 Å². The first-order chi connectivity index (χ1) is 17.6. The minimum atomic E-state index is -4.01. The minimum Gasteiger partial charge on any atom is -0.508 e. The van der Waals surface area contributed by atoms with Gasteiger partial charge in [-0.2, -0.15) is 0 Å². The number of nitrogens with one attached hydrogen (secondary N) is 2. The summed E-state index contributed by atoms with van der Waals surface area (Å²) in [6, 6.07) is 18.8. The van der Waals surface area contributed by atoms with Gasteiger partial charge in [-0.3, -0.25) is 9.44 Å². The molecule has 0 saturated carbocycles. The molecule has 188 valence electrons. The second kappa shape index (κ2) is 8.91. The number of hydrogen-bond donors (Lipinski definition) is 4. The highest BCUT2D eigenvalue weighted by atomic mass is 32.2. The van der Waals surface area contributed by atoms with Gasteiger partial charge in [0.1, 0.15) is 17.5 Å². The van der Waals surface area contributed by atoms with E-state index in [-0.39, 0.29) is 32.7 Å². The average Bonchev–Trinajstić information content (AvgIpc) is 3.15. The molecule has 0 saturated heterocycles. The van der Waals surface area contributed by atoms with Gasteiger partial charge in [0, 0.05) is 23.5 Å². The number of phenols is 2. The third-order valence-electron chi connectivity index (χ3n) is 5.85. The smallest absolute Gasteiger partial charge is 0.262 e. The highest BCUT2D eigenvalue weighted by molar-refractivity contribution is 7.93. The number of hydrogen-bond acceptors (Lipinski definition) is 8. The zero-order valence-electron chi connectivity index (χ0n) is 18.9. The Morgan fingerprint density at radius 1 is 0.622 bits per heavy atom. The summed E-state index contributed by atoms with van der Waals surface area (Å²) in [6.45, 7) is 0. The third kappa shape index (κ3) is 4.59. The molecule has 0 aliphatic heterocycles. The topological polar surface area (TPSA) is 162 Å². The van der Waals surface area contributed by atoms with Crippen molar-refractivity contribution in [3.8, 4) is 22.6 Å². The Labute approximate surface area is 212 Å². The molecular weight excluding hydrogens is 518 g/mol. The quantitative estimate of drug-likeness (QED) is 0.252. The van der Waals surface area contributed by atoms with E-state index in [4.69, 9.17) is 0 Å². The van der Waals surface area contributed by atoms with Crippen LogP contribution in [0.15, 0.2) is 99.9 Å². The summed E-state index contributed by atoms with van der Waals surface area (Å²) in [5, 5.41) is 22.4. The third-order valence-corrected chi connectivity index (χ3v) is 8.61. The highest BCUT2D eigenvalue weighted by Gasteiger charge is 2.31. The van der Waals surface area contributed by atoms with Gasteiger partial charge >= 0.3 is 0 Å². The number of sulfonamides is 2. The van der Waals surface area contributed by atoms with Crippen molar-refractivity contribution in [3.63, 3.8) is 0 Å². The number of nitrogens with zero attached hydrogens (tertiary/aromatic N) is 1. The number of benzene rings is 4. The molecule has 1 aliphatic carbocycles. The fourth-order valence-electron chi connectivity index (χ4n) is 4.21. The lowest BCUT2D eigenvalue weighted by molar-refractivity contribution is 0.473. The van der Waals surface area contributed by atoms with Gasteiger partial charge in [-0.15, -0.1) is 4.91 Å². The Balaban J connectivity index is 1.45. The van der Waals surface area contributed by atoms with E-state index in [1.54, 1.807) is 12.1 Å². The average molecular weight is 538 g/mol. The summed E-state index contributed by atoms with van der Waals surface area (Å²) < 4.78 is 55.9. The lowest BCUT2D eigenvalue weighted by Crippen LogP contribution is -2.13. The first-order valence-electron chi connectivity index (χ1n) is 10.8. The fraction of sp³-hybridized carbons (Fsp3) is 0.0400. The van der Waals surface area contributed by atoms with E-state index in [0.717, 1.165) is 12.1 Å². The molecule has 0 heterocycles. The van der Waals surface area contributed by atoms with Crippen molar-refractivity contribution < 1.29 is 27.0 Å². The van der Waals surface area contributed by atoms with Gasteiger partial charge in [-0.05, 0) is 70.8 Å². The van der Waals surface area contributed by atoms with Crippen molar-refractivity contribution in [2.45, 2.75) is 15.8 Å². The molecule has 0 bridgehead atoms. The Morgan fingerprint density at radius 2 is 1.05 bits per heavy atom. The van der Waals surface area contributed by atoms with Gasteiger partial charge in [-0.1, -0.05) is 29.4 Å². The zero-order valence-corrected chi connectivity index (χ0v) is 20.5. The van der Waals surface area contributed by atoms with E-state index in [1.807, 2.05) is 0 Å². The van der Waals surface area contributed by atoms with E-state index in [1.165, 1.54) is 60.7 Å². The predicted octanol–water partition coefficient (Wildman–Crippen LogP) is 4.54. The first-order valence-corrected chi connectivity index (χ1v) is 13.8. The van der Waals surface area contributed by atoms with Crippen LogP contribution in [0.3, 0.4) is 0 Å². The molecule has 37 heavy (non-hydrogen) atoms. The first kappa shape index (κ1) is 24.3. The zero-order chi connectivity index (χ0) is 26.4. The van der Waals surface area contributed by atoms with Crippen LogP contribution in [0.5, 0.6) is 11.5 Å². The van der Waals surface area contributed by atoms with Crippen molar-refractivity contribution >= 4 is 31.4 Å². The van der Waals surface area contributed by atoms with Gasteiger partial charge in [-0.25, -0.2) is 16.8 Å². The van der Waals surface area contributed by atoms with E-state index < -0.39 is 26.1 Å². The van der Waals surface area contributed by atoms with Crippen LogP contribution in [0.4, 0.5) is 11.4 Å². The number of aromatic hydroxyl groups is 2. The summed E-state index contributed by atoms with van der Waals surface area (Å²) in [5.41, 5.74) is 2.59. The lowest BCUT2D eigenvalue weighted by Gasteiger charge is -2.11. The van der Waals surface area contributed by atoms with Crippen LogP contribution in [0, 0.1) is 4.91 Å². The molecule has 10 nitrogen and oxygen atoms in total. The van der Waals surface area contributed by atoms with Crippen LogP contribution in [0.1, 0.15) is 17.2 Å². The second-order valence-corrected chi connectivity index (χ2v) is 11.7. The van der Waals surface area contributed by atoms with Crippen LogP contribution >= 0.6 is 0 Å². The molecule has 4 aromatic carbocycles. The predicted molar refractivity (Wildman–Crippen MR) is 137 cm³/mol. The number of phenolic OH excluding ortho intramolecular Hbond substituents is 2. The Kier molecular flexibility index (Phi) is 5.85. The standard InChI is InChI=1S/C25H19N3O7S2/c29-17-3-1-5-19(13-17)36(32,33)27-15-7-9-21-22-10-8-16(12-24(22)25(26-31)23(21)11-15)28-37(34,35)20-6-2-4-18(30)14-20/h1-14,25,27-30H. The fourth-order valence-corrected chi connectivity index (χ4v) is 6.38. The minimum absolute atomic E-state index is 0.134. The molecule has 5 rings (SSSR count). The summed E-state index contributed by atoms with van der Waals surface area (Å²) in [4.78, 5) is 11.6. The molecule has 0 spiro atoms. The molecule has 0 amide bonds. The summed E-state index contributed by atoms with van der Waals surface area (Å²) >= 11 is 0. The van der Waals surface area contributed by atoms with E-state index in [9.17, 15) is 32.0 Å². The molecule has 12 heteroatoms. The van der Waals surface area contributed by atoms with Crippen molar-refractivity contribution in [2.24, 2.45) is 5.18 Å². The molecule has 4 aromatic rings. The van der Waals surface area contributed by atoms with Crippen LogP contribution in [0.2, 0.25) is 0 Å². The van der Waals surface area contributed by atoms with Crippen LogP contribution in [-0.2, 0) is 20.0 Å². The summed E-state index contributed by atoms with van der Waals surface area (Å²) in [5.74, 6) is -0.402. The molecule has 0 fully saturated rings. The van der Waals surface area contributed by atoms with E-state index in [0.29, 0.717) is 22.3 Å². The SMILES string of the molecule is O=NC1c2cc(NS(=O)(=O)c3cccc(O)c3)ccc2-c2ccc(NS(=O)(=O)c3cccc(O)c3)cc21. The van der Waals surface area contributed by atoms with E-state index in [2.05, 4.69) is 14.6 Å². The summed E-state index contributed by atoms with van der Waals surface area (Å²) in [6.07, 6.45) is 0. The van der Waals surface area contributed by atoms with Gasteiger partial charge in [0.05, 0.1) is 9.79 Å².